The molecule has 4 rings (SSSR count). The molecule has 27 heavy (non-hydrogen) atoms. The Bertz CT molecular complexity index is 1100. The van der Waals surface area contributed by atoms with Crippen LogP contribution in [0.4, 0.5) is 0 Å². The molecule has 3 aromatic heterocycles. The Labute approximate surface area is 163 Å². The van der Waals surface area contributed by atoms with Crippen LogP contribution in [0.3, 0.4) is 0 Å². The van der Waals surface area contributed by atoms with Gasteiger partial charge in [-0.15, -0.1) is 22.7 Å². The minimum atomic E-state index is -0.310. The Morgan fingerprint density at radius 1 is 1.22 bits per heavy atom. The molecule has 138 valence electrons. The summed E-state index contributed by atoms with van der Waals surface area (Å²) < 4.78 is 12.0. The quantitative estimate of drug-likeness (QED) is 0.528. The monoisotopic (exact) mass is 400 g/mol. The van der Waals surface area contributed by atoms with Crippen LogP contribution in [0.25, 0.3) is 10.2 Å². The maximum atomic E-state index is 12.2. The summed E-state index contributed by atoms with van der Waals surface area (Å²) in [5.74, 6) is 0.850. The average molecular weight is 400 g/mol. The standard InChI is InChI=1S/C18H16N4O3S2/c1-10-20-12(9-26-10)7-19-18(23)16-6-14(25-22-16)8-24-13-3-4-17-15(5-13)21-11(2)27-17/h3-6,9H,7-8H2,1-2H3,(H,19,23). The number of hydrogen-bond acceptors (Lipinski definition) is 8. The van der Waals surface area contributed by atoms with E-state index in [9.17, 15) is 4.79 Å². The van der Waals surface area contributed by atoms with E-state index < -0.39 is 0 Å². The van der Waals surface area contributed by atoms with Crippen molar-refractivity contribution in [2.24, 2.45) is 0 Å². The van der Waals surface area contributed by atoms with Crippen LogP contribution in [-0.2, 0) is 13.2 Å². The van der Waals surface area contributed by atoms with Crippen molar-refractivity contribution < 1.29 is 14.1 Å². The van der Waals surface area contributed by atoms with Crippen molar-refractivity contribution in [1.82, 2.24) is 20.4 Å². The summed E-state index contributed by atoms with van der Waals surface area (Å²) in [4.78, 5) is 20.9. The zero-order valence-electron chi connectivity index (χ0n) is 14.7. The molecule has 0 saturated carbocycles. The zero-order valence-corrected chi connectivity index (χ0v) is 16.3. The number of carbonyl (C=O) groups is 1. The second-order valence-electron chi connectivity index (χ2n) is 5.87. The van der Waals surface area contributed by atoms with Crippen LogP contribution >= 0.6 is 22.7 Å². The lowest BCUT2D eigenvalue weighted by atomic mass is 10.3. The first-order valence-corrected chi connectivity index (χ1v) is 9.91. The van der Waals surface area contributed by atoms with E-state index in [0.29, 0.717) is 18.1 Å². The molecule has 0 fully saturated rings. The number of nitrogens with one attached hydrogen (secondary N) is 1. The fourth-order valence-electron chi connectivity index (χ4n) is 2.51. The molecule has 0 aliphatic carbocycles. The molecule has 0 aliphatic heterocycles. The zero-order chi connectivity index (χ0) is 18.8. The SMILES string of the molecule is Cc1nc(CNC(=O)c2cc(COc3ccc4sc(C)nc4c3)on2)cs1. The first kappa shape index (κ1) is 17.6. The van der Waals surface area contributed by atoms with E-state index in [0.717, 1.165) is 25.9 Å². The minimum absolute atomic E-state index is 0.181. The number of amides is 1. The van der Waals surface area contributed by atoms with Crippen LogP contribution in [0.5, 0.6) is 5.75 Å². The third kappa shape index (κ3) is 4.15. The number of benzene rings is 1. The topological polar surface area (TPSA) is 90.1 Å². The number of fused-ring (bicyclic) bond motifs is 1. The third-order valence-electron chi connectivity index (χ3n) is 3.74. The van der Waals surface area contributed by atoms with Gasteiger partial charge in [-0.3, -0.25) is 4.79 Å². The van der Waals surface area contributed by atoms with E-state index in [1.807, 2.05) is 37.4 Å². The molecule has 0 saturated heterocycles. The van der Waals surface area contributed by atoms with Gasteiger partial charge in [-0.1, -0.05) is 5.16 Å². The summed E-state index contributed by atoms with van der Waals surface area (Å²) in [6.45, 7) is 4.43. The van der Waals surface area contributed by atoms with E-state index >= 15 is 0 Å². The minimum Gasteiger partial charge on any atom is -0.485 e. The lowest BCUT2D eigenvalue weighted by Gasteiger charge is -2.02. The van der Waals surface area contributed by atoms with Crippen LogP contribution < -0.4 is 10.1 Å². The molecule has 7 nitrogen and oxygen atoms in total. The average Bonchev–Trinajstić information content (AvgIpc) is 3.36. The molecule has 4 aromatic rings. The van der Waals surface area contributed by atoms with Crippen LogP contribution in [0.2, 0.25) is 0 Å². The van der Waals surface area contributed by atoms with Crippen molar-refractivity contribution in [1.29, 1.82) is 0 Å². The third-order valence-corrected chi connectivity index (χ3v) is 5.51. The second-order valence-corrected chi connectivity index (χ2v) is 8.17. The molecular formula is C18H16N4O3S2. The number of hydrogen-bond donors (Lipinski definition) is 1. The molecule has 0 radical (unpaired) electrons. The molecule has 3 heterocycles. The fraction of sp³-hybridized carbons (Fsp3) is 0.222. The predicted octanol–water partition coefficient (Wildman–Crippen LogP) is 3.87. The highest BCUT2D eigenvalue weighted by molar-refractivity contribution is 7.18. The number of carbonyl (C=O) groups excluding carboxylic acids is 1. The highest BCUT2D eigenvalue weighted by Gasteiger charge is 2.13. The number of ether oxygens (including phenoxy) is 1. The summed E-state index contributed by atoms with van der Waals surface area (Å²) in [6, 6.07) is 7.33. The molecule has 0 atom stereocenters. The van der Waals surface area contributed by atoms with Gasteiger partial charge >= 0.3 is 0 Å². The summed E-state index contributed by atoms with van der Waals surface area (Å²) in [5.41, 5.74) is 1.95. The highest BCUT2D eigenvalue weighted by Crippen LogP contribution is 2.26. The van der Waals surface area contributed by atoms with Crippen LogP contribution in [0.1, 0.15) is 32.0 Å². The van der Waals surface area contributed by atoms with E-state index in [1.165, 1.54) is 0 Å². The van der Waals surface area contributed by atoms with Crippen molar-refractivity contribution in [3.8, 4) is 5.75 Å². The lowest BCUT2D eigenvalue weighted by Crippen LogP contribution is -2.23. The van der Waals surface area contributed by atoms with Gasteiger partial charge in [0.1, 0.15) is 12.4 Å². The fourth-order valence-corrected chi connectivity index (χ4v) is 3.93. The Morgan fingerprint density at radius 3 is 2.93 bits per heavy atom. The lowest BCUT2D eigenvalue weighted by molar-refractivity contribution is 0.0941. The first-order valence-electron chi connectivity index (χ1n) is 8.21. The van der Waals surface area contributed by atoms with Crippen molar-refractivity contribution in [2.45, 2.75) is 27.0 Å². The molecule has 0 unspecified atom stereocenters. The number of aryl methyl sites for hydroxylation is 2. The molecule has 1 N–H and O–H groups in total. The number of thiazole rings is 2. The summed E-state index contributed by atoms with van der Waals surface area (Å²) in [6.07, 6.45) is 0. The van der Waals surface area contributed by atoms with E-state index in [-0.39, 0.29) is 18.2 Å². The molecule has 9 heteroatoms. The molecule has 1 aromatic carbocycles. The summed E-state index contributed by atoms with van der Waals surface area (Å²) >= 11 is 3.19. The van der Waals surface area contributed by atoms with Crippen LogP contribution in [0.15, 0.2) is 34.2 Å². The van der Waals surface area contributed by atoms with Gasteiger partial charge in [0.15, 0.2) is 11.5 Å². The van der Waals surface area contributed by atoms with E-state index in [2.05, 4.69) is 20.4 Å². The van der Waals surface area contributed by atoms with Crippen LogP contribution in [0, 0.1) is 13.8 Å². The van der Waals surface area contributed by atoms with Gasteiger partial charge in [-0.25, -0.2) is 9.97 Å². The molecule has 1 amide bonds. The van der Waals surface area contributed by atoms with Gasteiger partial charge in [0.05, 0.1) is 32.5 Å². The second kappa shape index (κ2) is 7.45. The van der Waals surface area contributed by atoms with Gasteiger partial charge in [0.25, 0.3) is 5.91 Å². The smallest absolute Gasteiger partial charge is 0.273 e. The number of aromatic nitrogens is 3. The Morgan fingerprint density at radius 2 is 2.11 bits per heavy atom. The van der Waals surface area contributed by atoms with Crippen molar-refractivity contribution in [2.75, 3.05) is 0 Å². The summed E-state index contributed by atoms with van der Waals surface area (Å²) in [5, 5.41) is 10.5. The van der Waals surface area contributed by atoms with E-state index in [1.54, 1.807) is 28.7 Å². The molecular weight excluding hydrogens is 384 g/mol. The van der Waals surface area contributed by atoms with Crippen molar-refractivity contribution in [3.63, 3.8) is 0 Å². The Kier molecular flexibility index (Phi) is 4.87. The largest absolute Gasteiger partial charge is 0.485 e. The molecule has 0 aliphatic rings. The van der Waals surface area contributed by atoms with Gasteiger partial charge < -0.3 is 14.6 Å². The number of rotatable bonds is 6. The predicted molar refractivity (Wildman–Crippen MR) is 103 cm³/mol. The Balaban J connectivity index is 1.34. The normalized spacial score (nSPS) is 11.0. The highest BCUT2D eigenvalue weighted by atomic mass is 32.1. The first-order chi connectivity index (χ1) is 13.1. The van der Waals surface area contributed by atoms with Gasteiger partial charge in [0, 0.05) is 17.5 Å². The molecule has 0 bridgehead atoms. The Hall–Kier alpha value is -2.78. The van der Waals surface area contributed by atoms with Crippen molar-refractivity contribution in [3.05, 3.63) is 56.8 Å². The summed E-state index contributed by atoms with van der Waals surface area (Å²) in [7, 11) is 0. The molecule has 0 spiro atoms. The van der Waals surface area contributed by atoms with Gasteiger partial charge in [-0.2, -0.15) is 0 Å². The van der Waals surface area contributed by atoms with E-state index in [4.69, 9.17) is 9.26 Å². The number of nitrogens with zero attached hydrogens (tertiary/aromatic N) is 3. The van der Waals surface area contributed by atoms with Gasteiger partial charge in [0.2, 0.25) is 0 Å². The van der Waals surface area contributed by atoms with Crippen LogP contribution in [-0.4, -0.2) is 21.0 Å². The van der Waals surface area contributed by atoms with Gasteiger partial charge in [-0.05, 0) is 26.0 Å². The van der Waals surface area contributed by atoms with Crippen molar-refractivity contribution >= 4 is 38.8 Å². The maximum absolute atomic E-state index is 12.2. The maximum Gasteiger partial charge on any atom is 0.273 e.